The number of hydrogen-bond acceptors (Lipinski definition) is 5. The summed E-state index contributed by atoms with van der Waals surface area (Å²) in [6.45, 7) is 7.18. The summed E-state index contributed by atoms with van der Waals surface area (Å²) in [5.41, 5.74) is 7.18. The van der Waals surface area contributed by atoms with Crippen LogP contribution in [0.5, 0.6) is 0 Å². The Labute approximate surface area is 225 Å². The molecule has 0 saturated heterocycles. The second-order valence-corrected chi connectivity index (χ2v) is 9.60. The van der Waals surface area contributed by atoms with Crippen LogP contribution in [-0.2, 0) is 19.2 Å². The number of aliphatic carboxylic acids is 1. The Morgan fingerprint density at radius 1 is 1.03 bits per heavy atom. The molecule has 0 aromatic heterocycles. The first kappa shape index (κ1) is 30.9. The lowest BCUT2D eigenvalue weighted by Crippen LogP contribution is -2.50. The van der Waals surface area contributed by atoms with Crippen molar-refractivity contribution in [3.8, 4) is 11.1 Å². The van der Waals surface area contributed by atoms with Crippen LogP contribution in [0.15, 0.2) is 42.1 Å². The maximum atomic E-state index is 15.1. The fraction of sp³-hybridized carbons (Fsp3) is 0.357. The number of amides is 3. The van der Waals surface area contributed by atoms with E-state index in [1.165, 1.54) is 13.1 Å². The van der Waals surface area contributed by atoms with Gasteiger partial charge in [-0.2, -0.15) is 0 Å². The minimum Gasteiger partial charge on any atom is -0.481 e. The van der Waals surface area contributed by atoms with Gasteiger partial charge in [-0.05, 0) is 60.6 Å². The van der Waals surface area contributed by atoms with Crippen molar-refractivity contribution in [3.05, 3.63) is 70.4 Å². The number of likely N-dealkylation sites (N-methyl/N-ethyl adjacent to an activating group) is 1. The van der Waals surface area contributed by atoms with E-state index >= 15 is 4.39 Å². The minimum absolute atomic E-state index is 0.0995. The van der Waals surface area contributed by atoms with Gasteiger partial charge in [0.25, 0.3) is 11.8 Å². The first-order valence-electron chi connectivity index (χ1n) is 12.3. The van der Waals surface area contributed by atoms with Crippen LogP contribution in [0.1, 0.15) is 49.4 Å². The highest BCUT2D eigenvalue weighted by atomic mass is 19.2. The number of carboxylic acids is 1. The van der Waals surface area contributed by atoms with Gasteiger partial charge >= 0.3 is 5.97 Å². The minimum atomic E-state index is -1.47. The van der Waals surface area contributed by atoms with Crippen LogP contribution in [-0.4, -0.2) is 41.9 Å². The maximum absolute atomic E-state index is 15.1. The third-order valence-electron chi connectivity index (χ3n) is 6.11. The summed E-state index contributed by atoms with van der Waals surface area (Å²) in [6.07, 6.45) is 0.137. The van der Waals surface area contributed by atoms with Gasteiger partial charge in [0.1, 0.15) is 11.6 Å². The number of carboxylic acid groups (broad SMARTS) is 1. The van der Waals surface area contributed by atoms with E-state index in [0.29, 0.717) is 11.1 Å². The van der Waals surface area contributed by atoms with E-state index in [-0.39, 0.29) is 17.9 Å². The number of halogens is 2. The summed E-state index contributed by atoms with van der Waals surface area (Å²) in [4.78, 5) is 49.6. The molecular formula is C28H34F2N4O5. The quantitative estimate of drug-likeness (QED) is 0.167. The lowest BCUT2D eigenvalue weighted by atomic mass is 9.92. The zero-order valence-electron chi connectivity index (χ0n) is 22.5. The normalized spacial score (nSPS) is 13.0. The first-order valence-corrected chi connectivity index (χ1v) is 12.3. The highest BCUT2D eigenvalue weighted by Crippen LogP contribution is 2.33. The highest BCUT2D eigenvalue weighted by Gasteiger charge is 2.30. The summed E-state index contributed by atoms with van der Waals surface area (Å²) in [6, 6.07) is 5.07. The van der Waals surface area contributed by atoms with Crippen molar-refractivity contribution in [2.45, 2.75) is 52.6 Å². The van der Waals surface area contributed by atoms with Crippen molar-refractivity contribution in [2.75, 3.05) is 7.05 Å². The first-order chi connectivity index (χ1) is 18.3. The fourth-order valence-corrected chi connectivity index (χ4v) is 4.29. The summed E-state index contributed by atoms with van der Waals surface area (Å²) in [5.74, 6) is -6.53. The lowest BCUT2D eigenvalue weighted by molar-refractivity contribution is -0.138. The predicted octanol–water partition coefficient (Wildman–Crippen LogP) is 3.00. The Kier molecular flexibility index (Phi) is 10.7. The Hall–Kier alpha value is -4.28. The molecule has 0 heterocycles. The second kappa shape index (κ2) is 13.5. The van der Waals surface area contributed by atoms with Crippen molar-refractivity contribution in [1.29, 1.82) is 0 Å². The van der Waals surface area contributed by atoms with Gasteiger partial charge in [0.15, 0.2) is 11.6 Å². The number of aryl methyl sites for hydroxylation is 2. The molecule has 11 heteroatoms. The number of nitrogens with two attached hydrogens (primary N) is 1. The van der Waals surface area contributed by atoms with Gasteiger partial charge in [-0.1, -0.05) is 32.0 Å². The molecule has 2 aromatic carbocycles. The molecule has 0 radical (unpaired) electrons. The van der Waals surface area contributed by atoms with Crippen LogP contribution >= 0.6 is 0 Å². The van der Waals surface area contributed by atoms with Crippen LogP contribution in [0.3, 0.4) is 0 Å². The number of carbonyl (C=O) groups is 4. The highest BCUT2D eigenvalue weighted by molar-refractivity contribution is 6.18. The zero-order chi connectivity index (χ0) is 29.4. The van der Waals surface area contributed by atoms with Crippen LogP contribution in [0.4, 0.5) is 8.78 Å². The Balaban J connectivity index is 2.51. The van der Waals surface area contributed by atoms with Crippen LogP contribution in [0.25, 0.3) is 11.1 Å². The third-order valence-corrected chi connectivity index (χ3v) is 6.11. The molecule has 9 nitrogen and oxygen atoms in total. The van der Waals surface area contributed by atoms with Crippen molar-refractivity contribution in [2.24, 2.45) is 11.7 Å². The molecule has 2 rings (SSSR count). The maximum Gasteiger partial charge on any atom is 0.305 e. The van der Waals surface area contributed by atoms with Gasteiger partial charge in [0.2, 0.25) is 5.91 Å². The molecule has 0 aliphatic heterocycles. The van der Waals surface area contributed by atoms with Gasteiger partial charge in [-0.3, -0.25) is 19.2 Å². The van der Waals surface area contributed by atoms with Crippen molar-refractivity contribution >= 4 is 23.7 Å². The van der Waals surface area contributed by atoms with E-state index in [4.69, 9.17) is 5.73 Å². The molecule has 0 fully saturated rings. The van der Waals surface area contributed by atoms with E-state index in [9.17, 15) is 28.7 Å². The SMILES string of the molecule is CNC(=O)/C(=C\N)C(=O)N[C@@H](CC(C)C)C(=O)N[C@@H](CC(=O)O)c1cc(-c2c(C)cccc2C)cc(F)c1F. The van der Waals surface area contributed by atoms with Gasteiger partial charge in [0.05, 0.1) is 12.5 Å². The molecule has 2 atom stereocenters. The van der Waals surface area contributed by atoms with E-state index in [2.05, 4.69) is 16.0 Å². The monoisotopic (exact) mass is 544 g/mol. The third kappa shape index (κ3) is 7.86. The van der Waals surface area contributed by atoms with E-state index in [0.717, 1.165) is 23.4 Å². The number of carbonyl (C=O) groups excluding carboxylic acids is 3. The molecule has 3 amide bonds. The number of benzene rings is 2. The summed E-state index contributed by atoms with van der Waals surface area (Å²) in [5, 5.41) is 16.7. The molecule has 6 N–H and O–H groups in total. The molecule has 39 heavy (non-hydrogen) atoms. The van der Waals surface area contributed by atoms with E-state index < -0.39 is 59.4 Å². The van der Waals surface area contributed by atoms with Crippen molar-refractivity contribution in [3.63, 3.8) is 0 Å². The van der Waals surface area contributed by atoms with Crippen LogP contribution < -0.4 is 21.7 Å². The molecule has 0 spiro atoms. The molecule has 0 aliphatic rings. The lowest BCUT2D eigenvalue weighted by Gasteiger charge is -2.25. The molecule has 0 bridgehead atoms. The molecule has 2 aromatic rings. The van der Waals surface area contributed by atoms with E-state index in [1.807, 2.05) is 32.0 Å². The molecule has 0 saturated carbocycles. The standard InChI is InChI=1S/C28H34F2N4O5/c1-14(2)9-22(34-27(38)19(13-31)26(37)32-5)28(39)33-21(12-23(35)36)18-10-17(11-20(29)25(18)30)24-15(3)7-6-8-16(24)4/h6-8,10-11,13-14,21-22H,9,12,31H2,1-5H3,(H,32,37)(H,33,39)(H,34,38)(H,35,36)/b19-13+/t21-,22-/m0/s1. The van der Waals surface area contributed by atoms with Crippen molar-refractivity contribution in [1.82, 2.24) is 16.0 Å². The number of hydrogen-bond donors (Lipinski definition) is 5. The predicted molar refractivity (Wildman–Crippen MR) is 142 cm³/mol. The molecular weight excluding hydrogens is 510 g/mol. The van der Waals surface area contributed by atoms with Gasteiger partial charge in [-0.25, -0.2) is 8.78 Å². The van der Waals surface area contributed by atoms with Gasteiger partial charge in [-0.15, -0.1) is 0 Å². The summed E-state index contributed by atoms with van der Waals surface area (Å²) < 4.78 is 29.9. The number of rotatable bonds is 11. The molecule has 0 aliphatic carbocycles. The zero-order valence-corrected chi connectivity index (χ0v) is 22.5. The molecule has 0 unspecified atom stereocenters. The molecule has 210 valence electrons. The van der Waals surface area contributed by atoms with Crippen LogP contribution in [0, 0.1) is 31.4 Å². The van der Waals surface area contributed by atoms with E-state index in [1.54, 1.807) is 13.8 Å². The smallest absolute Gasteiger partial charge is 0.305 e. The van der Waals surface area contributed by atoms with Crippen LogP contribution in [0.2, 0.25) is 0 Å². The Bertz CT molecular complexity index is 1270. The van der Waals surface area contributed by atoms with Gasteiger partial charge < -0.3 is 26.8 Å². The fourth-order valence-electron chi connectivity index (χ4n) is 4.29. The summed E-state index contributed by atoms with van der Waals surface area (Å²) in [7, 11) is 1.30. The second-order valence-electron chi connectivity index (χ2n) is 9.60. The average Bonchev–Trinajstić information content (AvgIpc) is 2.84. The number of nitrogens with one attached hydrogen (secondary N) is 3. The summed E-state index contributed by atoms with van der Waals surface area (Å²) >= 11 is 0. The van der Waals surface area contributed by atoms with Crippen molar-refractivity contribution < 1.29 is 33.1 Å². The average molecular weight is 545 g/mol. The van der Waals surface area contributed by atoms with Gasteiger partial charge in [0, 0.05) is 18.8 Å². The Morgan fingerprint density at radius 3 is 2.15 bits per heavy atom. The Morgan fingerprint density at radius 2 is 1.64 bits per heavy atom. The largest absolute Gasteiger partial charge is 0.481 e. The topological polar surface area (TPSA) is 151 Å².